The molecule has 1 atom stereocenters. The standard InChI is InChI=1S/C15H19N3O2/c1-9(2)14-17-15(20-18-14)10(3)16-12-4-5-13-11(8-12)6-7-19-13/h4-5,8-10,16H,6-7H2,1-3H3/t10-/m0/s1. The maximum Gasteiger partial charge on any atom is 0.248 e. The van der Waals surface area contributed by atoms with E-state index in [2.05, 4.69) is 21.5 Å². The molecule has 0 radical (unpaired) electrons. The van der Waals surface area contributed by atoms with Gasteiger partial charge in [0, 0.05) is 18.0 Å². The van der Waals surface area contributed by atoms with Gasteiger partial charge in [-0.25, -0.2) is 0 Å². The number of rotatable bonds is 4. The fourth-order valence-electron chi connectivity index (χ4n) is 2.25. The molecule has 2 heterocycles. The summed E-state index contributed by atoms with van der Waals surface area (Å²) in [5, 5.41) is 7.38. The molecule has 0 fully saturated rings. The number of nitrogens with one attached hydrogen (secondary N) is 1. The smallest absolute Gasteiger partial charge is 0.248 e. The summed E-state index contributed by atoms with van der Waals surface area (Å²) < 4.78 is 10.8. The van der Waals surface area contributed by atoms with Gasteiger partial charge in [-0.2, -0.15) is 4.98 Å². The predicted molar refractivity (Wildman–Crippen MR) is 76.1 cm³/mol. The average Bonchev–Trinajstić information content (AvgIpc) is 3.07. The van der Waals surface area contributed by atoms with Crippen LogP contribution in [0.25, 0.3) is 0 Å². The molecular weight excluding hydrogens is 254 g/mol. The molecular formula is C15H19N3O2. The van der Waals surface area contributed by atoms with Crippen LogP contribution in [0.3, 0.4) is 0 Å². The molecule has 2 aromatic rings. The second-order valence-electron chi connectivity index (χ2n) is 5.43. The molecule has 3 rings (SSSR count). The molecule has 1 aromatic carbocycles. The number of anilines is 1. The van der Waals surface area contributed by atoms with E-state index in [1.54, 1.807) is 0 Å². The Balaban J connectivity index is 1.73. The maximum absolute atomic E-state index is 5.50. The summed E-state index contributed by atoms with van der Waals surface area (Å²) >= 11 is 0. The first-order chi connectivity index (χ1) is 9.63. The third-order valence-electron chi connectivity index (χ3n) is 3.42. The van der Waals surface area contributed by atoms with E-state index in [0.717, 1.165) is 30.3 Å². The molecule has 1 aliphatic rings. The number of benzene rings is 1. The van der Waals surface area contributed by atoms with Gasteiger partial charge < -0.3 is 14.6 Å². The minimum Gasteiger partial charge on any atom is -0.493 e. The van der Waals surface area contributed by atoms with E-state index >= 15 is 0 Å². The number of hydrogen-bond donors (Lipinski definition) is 1. The van der Waals surface area contributed by atoms with Crippen molar-refractivity contribution in [3.8, 4) is 5.75 Å². The fourth-order valence-corrected chi connectivity index (χ4v) is 2.25. The fraction of sp³-hybridized carbons (Fsp3) is 0.467. The van der Waals surface area contributed by atoms with Gasteiger partial charge >= 0.3 is 0 Å². The number of fused-ring (bicyclic) bond motifs is 1. The van der Waals surface area contributed by atoms with Gasteiger partial charge in [0.2, 0.25) is 5.89 Å². The van der Waals surface area contributed by atoms with Crippen molar-refractivity contribution in [2.75, 3.05) is 11.9 Å². The first kappa shape index (κ1) is 13.0. The molecule has 0 saturated heterocycles. The minimum atomic E-state index is -0.0182. The molecule has 0 spiro atoms. The van der Waals surface area contributed by atoms with Gasteiger partial charge in [0.05, 0.1) is 6.61 Å². The van der Waals surface area contributed by atoms with E-state index in [0.29, 0.717) is 5.89 Å². The lowest BCUT2D eigenvalue weighted by atomic mass is 10.1. The summed E-state index contributed by atoms with van der Waals surface area (Å²) in [6, 6.07) is 6.12. The zero-order valence-corrected chi connectivity index (χ0v) is 12.0. The Bertz CT molecular complexity index is 607. The molecule has 0 saturated carbocycles. The normalized spacial score (nSPS) is 15.0. The molecule has 0 bridgehead atoms. The van der Waals surface area contributed by atoms with Crippen molar-refractivity contribution in [1.82, 2.24) is 10.1 Å². The van der Waals surface area contributed by atoms with Gasteiger partial charge in [0.25, 0.3) is 0 Å². The van der Waals surface area contributed by atoms with E-state index in [1.807, 2.05) is 32.9 Å². The molecule has 0 unspecified atom stereocenters. The zero-order chi connectivity index (χ0) is 14.1. The van der Waals surface area contributed by atoms with Crippen LogP contribution in [0.4, 0.5) is 5.69 Å². The van der Waals surface area contributed by atoms with Crippen LogP contribution in [-0.4, -0.2) is 16.7 Å². The van der Waals surface area contributed by atoms with Crippen LogP contribution in [0.15, 0.2) is 22.7 Å². The molecule has 106 valence electrons. The third kappa shape index (κ3) is 2.48. The number of ether oxygens (including phenoxy) is 1. The van der Waals surface area contributed by atoms with E-state index in [4.69, 9.17) is 9.26 Å². The van der Waals surface area contributed by atoms with Crippen molar-refractivity contribution in [2.45, 2.75) is 39.2 Å². The second-order valence-corrected chi connectivity index (χ2v) is 5.43. The lowest BCUT2D eigenvalue weighted by Crippen LogP contribution is -2.07. The summed E-state index contributed by atoms with van der Waals surface area (Å²) in [6.07, 6.45) is 0.970. The first-order valence-electron chi connectivity index (χ1n) is 6.99. The summed E-state index contributed by atoms with van der Waals surface area (Å²) in [6.45, 7) is 6.89. The van der Waals surface area contributed by atoms with Crippen molar-refractivity contribution in [1.29, 1.82) is 0 Å². The highest BCUT2D eigenvalue weighted by Gasteiger charge is 2.17. The molecule has 5 nitrogen and oxygen atoms in total. The summed E-state index contributed by atoms with van der Waals surface area (Å²) in [5.74, 6) is 2.63. The minimum absolute atomic E-state index is 0.0182. The van der Waals surface area contributed by atoms with Gasteiger partial charge in [-0.05, 0) is 30.7 Å². The summed E-state index contributed by atoms with van der Waals surface area (Å²) in [4.78, 5) is 4.41. The Morgan fingerprint density at radius 3 is 2.85 bits per heavy atom. The van der Waals surface area contributed by atoms with Crippen molar-refractivity contribution in [3.05, 3.63) is 35.5 Å². The van der Waals surface area contributed by atoms with E-state index in [9.17, 15) is 0 Å². The monoisotopic (exact) mass is 273 g/mol. The van der Waals surface area contributed by atoms with Crippen LogP contribution in [0.2, 0.25) is 0 Å². The Morgan fingerprint density at radius 1 is 1.25 bits per heavy atom. The largest absolute Gasteiger partial charge is 0.493 e. The highest BCUT2D eigenvalue weighted by atomic mass is 16.5. The maximum atomic E-state index is 5.50. The van der Waals surface area contributed by atoms with E-state index < -0.39 is 0 Å². The molecule has 1 aliphatic heterocycles. The Kier molecular flexibility index (Phi) is 3.34. The van der Waals surface area contributed by atoms with Gasteiger partial charge in [-0.1, -0.05) is 19.0 Å². The topological polar surface area (TPSA) is 60.2 Å². The van der Waals surface area contributed by atoms with Crippen molar-refractivity contribution < 1.29 is 9.26 Å². The number of aromatic nitrogens is 2. The second kappa shape index (κ2) is 5.15. The van der Waals surface area contributed by atoms with Crippen molar-refractivity contribution in [3.63, 3.8) is 0 Å². The Morgan fingerprint density at radius 2 is 2.10 bits per heavy atom. The van der Waals surface area contributed by atoms with Crippen molar-refractivity contribution in [2.24, 2.45) is 0 Å². The molecule has 0 aliphatic carbocycles. The Hall–Kier alpha value is -2.04. The molecule has 5 heteroatoms. The van der Waals surface area contributed by atoms with Crippen molar-refractivity contribution >= 4 is 5.69 Å². The summed E-state index contributed by atoms with van der Waals surface area (Å²) in [5.41, 5.74) is 2.29. The molecule has 1 N–H and O–H groups in total. The van der Waals surface area contributed by atoms with E-state index in [1.165, 1.54) is 5.56 Å². The first-order valence-corrected chi connectivity index (χ1v) is 6.99. The lowest BCUT2D eigenvalue weighted by Gasteiger charge is -2.12. The molecule has 0 amide bonds. The van der Waals surface area contributed by atoms with Crippen LogP contribution in [0.1, 0.15) is 50.0 Å². The average molecular weight is 273 g/mol. The van der Waals surface area contributed by atoms with E-state index in [-0.39, 0.29) is 12.0 Å². The molecule has 1 aromatic heterocycles. The Labute approximate surface area is 118 Å². The SMILES string of the molecule is CC(C)c1noc([C@H](C)Nc2ccc3c(c2)CCO3)n1. The van der Waals surface area contributed by atoms with Gasteiger partial charge in [0.1, 0.15) is 11.8 Å². The van der Waals surface area contributed by atoms with Gasteiger partial charge in [-0.3, -0.25) is 0 Å². The predicted octanol–water partition coefficient (Wildman–Crippen LogP) is 3.30. The molecule has 20 heavy (non-hydrogen) atoms. The number of hydrogen-bond acceptors (Lipinski definition) is 5. The quantitative estimate of drug-likeness (QED) is 0.926. The third-order valence-corrected chi connectivity index (χ3v) is 3.42. The lowest BCUT2D eigenvalue weighted by molar-refractivity contribution is 0.357. The van der Waals surface area contributed by atoms with Crippen LogP contribution in [0.5, 0.6) is 5.75 Å². The van der Waals surface area contributed by atoms with Crippen LogP contribution in [0, 0.1) is 0 Å². The van der Waals surface area contributed by atoms with Gasteiger partial charge in [0.15, 0.2) is 5.82 Å². The van der Waals surface area contributed by atoms with Crippen LogP contribution in [-0.2, 0) is 6.42 Å². The van der Waals surface area contributed by atoms with Crippen LogP contribution < -0.4 is 10.1 Å². The highest BCUT2D eigenvalue weighted by molar-refractivity contribution is 5.53. The zero-order valence-electron chi connectivity index (χ0n) is 12.0. The van der Waals surface area contributed by atoms with Gasteiger partial charge in [-0.15, -0.1) is 0 Å². The summed E-state index contributed by atoms with van der Waals surface area (Å²) in [7, 11) is 0. The number of nitrogens with zero attached hydrogens (tertiary/aromatic N) is 2. The highest BCUT2D eigenvalue weighted by Crippen LogP contribution is 2.29. The van der Waals surface area contributed by atoms with Crippen LogP contribution >= 0.6 is 0 Å².